The minimum Gasteiger partial charge on any atom is -0.302 e. The van der Waals surface area contributed by atoms with E-state index >= 15 is 0 Å². The summed E-state index contributed by atoms with van der Waals surface area (Å²) in [6, 6.07) is 8.52. The number of non-ortho nitro benzene ring substituents is 2. The number of amides is 1. The number of anilines is 1. The van der Waals surface area contributed by atoms with Gasteiger partial charge >= 0.3 is 0 Å². The van der Waals surface area contributed by atoms with Gasteiger partial charge in [0.25, 0.3) is 17.3 Å². The second-order valence-corrected chi connectivity index (χ2v) is 8.77. The molecule has 0 spiro atoms. The fourth-order valence-electron chi connectivity index (χ4n) is 3.15. The highest BCUT2D eigenvalue weighted by Gasteiger charge is 2.26. The van der Waals surface area contributed by atoms with Gasteiger partial charge in [-0.15, -0.1) is 0 Å². The standard InChI is InChI=1S/C20H20BrN5O5S/c1-3-23(4-2)7-8-24(20-22-17-6-5-14(21)11-18(17)32-20)19(27)13-9-15(25(28)29)12-16(10-13)26(30)31/h5-6,9-12H,3-4,7-8H2,1-2H3. The Bertz CT molecular complexity index is 1150. The Kier molecular flexibility index (Phi) is 7.48. The van der Waals surface area contributed by atoms with Crippen molar-refractivity contribution in [3.05, 3.63) is 66.7 Å². The van der Waals surface area contributed by atoms with Crippen molar-refractivity contribution in [1.29, 1.82) is 0 Å². The van der Waals surface area contributed by atoms with Gasteiger partial charge in [-0.05, 0) is 31.3 Å². The Hall–Kier alpha value is -2.96. The van der Waals surface area contributed by atoms with E-state index in [-0.39, 0.29) is 12.1 Å². The van der Waals surface area contributed by atoms with Crippen molar-refractivity contribution in [1.82, 2.24) is 9.88 Å². The molecule has 0 aliphatic carbocycles. The second-order valence-electron chi connectivity index (χ2n) is 6.84. The maximum absolute atomic E-state index is 13.4. The van der Waals surface area contributed by atoms with Crippen LogP contribution in [0.5, 0.6) is 0 Å². The van der Waals surface area contributed by atoms with Gasteiger partial charge in [-0.2, -0.15) is 0 Å². The van der Waals surface area contributed by atoms with Crippen molar-refractivity contribution in [3.63, 3.8) is 0 Å². The molecule has 0 atom stereocenters. The van der Waals surface area contributed by atoms with Crippen molar-refractivity contribution < 1.29 is 14.6 Å². The lowest BCUT2D eigenvalue weighted by molar-refractivity contribution is -0.394. The van der Waals surface area contributed by atoms with Gasteiger partial charge in [-0.3, -0.25) is 29.9 Å². The number of fused-ring (bicyclic) bond motifs is 1. The van der Waals surface area contributed by atoms with E-state index in [0.717, 1.165) is 40.5 Å². The summed E-state index contributed by atoms with van der Waals surface area (Å²) in [5, 5.41) is 23.0. The molecule has 0 unspecified atom stereocenters. The molecule has 3 aromatic rings. The lowest BCUT2D eigenvalue weighted by Gasteiger charge is -2.24. The molecule has 0 fully saturated rings. The smallest absolute Gasteiger partial charge is 0.277 e. The van der Waals surface area contributed by atoms with Crippen LogP contribution in [0.25, 0.3) is 10.2 Å². The summed E-state index contributed by atoms with van der Waals surface area (Å²) >= 11 is 4.73. The summed E-state index contributed by atoms with van der Waals surface area (Å²) in [6.07, 6.45) is 0. The molecule has 0 N–H and O–H groups in total. The van der Waals surface area contributed by atoms with Crippen molar-refractivity contribution >= 4 is 59.9 Å². The summed E-state index contributed by atoms with van der Waals surface area (Å²) < 4.78 is 1.73. The van der Waals surface area contributed by atoms with Crippen LogP contribution in [-0.4, -0.2) is 51.8 Å². The lowest BCUT2D eigenvalue weighted by Crippen LogP contribution is -2.38. The van der Waals surface area contributed by atoms with E-state index in [1.165, 1.54) is 16.2 Å². The monoisotopic (exact) mass is 521 g/mol. The minimum atomic E-state index is -0.751. The Balaban J connectivity index is 2.06. The number of thiazole rings is 1. The third kappa shape index (κ3) is 5.26. The van der Waals surface area contributed by atoms with Crippen LogP contribution < -0.4 is 4.90 Å². The number of benzene rings is 2. The van der Waals surface area contributed by atoms with E-state index in [4.69, 9.17) is 0 Å². The van der Waals surface area contributed by atoms with E-state index in [0.29, 0.717) is 17.2 Å². The molecule has 32 heavy (non-hydrogen) atoms. The zero-order chi connectivity index (χ0) is 23.4. The quantitative estimate of drug-likeness (QED) is 0.290. The Morgan fingerprint density at radius 2 is 1.66 bits per heavy atom. The van der Waals surface area contributed by atoms with Gasteiger partial charge in [0.15, 0.2) is 5.13 Å². The molecule has 0 aliphatic rings. The van der Waals surface area contributed by atoms with Gasteiger partial charge < -0.3 is 4.90 Å². The first kappa shape index (κ1) is 23.7. The highest BCUT2D eigenvalue weighted by molar-refractivity contribution is 9.10. The number of nitro benzene ring substituents is 2. The lowest BCUT2D eigenvalue weighted by atomic mass is 10.1. The molecule has 12 heteroatoms. The van der Waals surface area contributed by atoms with Gasteiger partial charge in [0.05, 0.1) is 31.7 Å². The number of rotatable bonds is 9. The van der Waals surface area contributed by atoms with E-state index in [9.17, 15) is 25.0 Å². The fourth-order valence-corrected chi connectivity index (χ4v) is 4.69. The van der Waals surface area contributed by atoms with Crippen molar-refractivity contribution in [2.45, 2.75) is 13.8 Å². The van der Waals surface area contributed by atoms with Gasteiger partial charge in [0, 0.05) is 29.7 Å². The number of carbonyl (C=O) groups is 1. The summed E-state index contributed by atoms with van der Waals surface area (Å²) in [4.78, 5) is 42.6. The van der Waals surface area contributed by atoms with Crippen LogP contribution in [0.4, 0.5) is 16.5 Å². The molecule has 0 saturated carbocycles. The SMILES string of the molecule is CCN(CC)CCN(C(=O)c1cc([N+](=O)[O-])cc([N+](=O)[O-])c1)c1nc2ccc(Br)cc2s1. The minimum absolute atomic E-state index is 0.133. The topological polar surface area (TPSA) is 123 Å². The van der Waals surface area contributed by atoms with Gasteiger partial charge in [0.1, 0.15) is 0 Å². The average molecular weight is 522 g/mol. The van der Waals surface area contributed by atoms with Gasteiger partial charge in [-0.1, -0.05) is 41.1 Å². The Labute approximate surface area is 195 Å². The third-order valence-electron chi connectivity index (χ3n) is 4.92. The molecule has 1 amide bonds. The molecular formula is C20H20BrN5O5S. The van der Waals surface area contributed by atoms with Crippen LogP contribution in [0.3, 0.4) is 0 Å². The normalized spacial score (nSPS) is 11.1. The first-order chi connectivity index (χ1) is 15.2. The predicted molar refractivity (Wildman–Crippen MR) is 127 cm³/mol. The largest absolute Gasteiger partial charge is 0.302 e. The molecule has 0 radical (unpaired) electrons. The molecule has 10 nitrogen and oxygen atoms in total. The van der Waals surface area contributed by atoms with Gasteiger partial charge in [0.2, 0.25) is 0 Å². The summed E-state index contributed by atoms with van der Waals surface area (Å²) in [6.45, 7) is 6.41. The van der Waals surface area contributed by atoms with Crippen LogP contribution in [0, 0.1) is 20.2 Å². The number of hydrogen-bond acceptors (Lipinski definition) is 8. The van der Waals surface area contributed by atoms with Crippen LogP contribution in [-0.2, 0) is 0 Å². The number of carbonyl (C=O) groups excluding carboxylic acids is 1. The van der Waals surface area contributed by atoms with Crippen molar-refractivity contribution in [3.8, 4) is 0 Å². The van der Waals surface area contributed by atoms with Crippen LogP contribution in [0.2, 0.25) is 0 Å². The first-order valence-corrected chi connectivity index (χ1v) is 11.4. The van der Waals surface area contributed by atoms with E-state index in [1.807, 2.05) is 32.0 Å². The summed E-state index contributed by atoms with van der Waals surface area (Å²) in [5.41, 5.74) is -0.455. The number of nitro groups is 2. The molecule has 0 saturated heterocycles. The van der Waals surface area contributed by atoms with Gasteiger partial charge in [-0.25, -0.2) is 4.98 Å². The summed E-state index contributed by atoms with van der Waals surface area (Å²) in [5.74, 6) is -0.581. The zero-order valence-electron chi connectivity index (χ0n) is 17.4. The van der Waals surface area contributed by atoms with Crippen LogP contribution in [0.1, 0.15) is 24.2 Å². The molecule has 0 bridgehead atoms. The van der Waals surface area contributed by atoms with Crippen molar-refractivity contribution in [2.24, 2.45) is 0 Å². The Morgan fingerprint density at radius 3 is 2.22 bits per heavy atom. The third-order valence-corrected chi connectivity index (χ3v) is 6.46. The number of hydrogen-bond donors (Lipinski definition) is 0. The number of likely N-dealkylation sites (N-methyl/N-ethyl adjacent to an activating group) is 1. The van der Waals surface area contributed by atoms with Crippen LogP contribution >= 0.6 is 27.3 Å². The second kappa shape index (κ2) is 10.1. The van der Waals surface area contributed by atoms with E-state index in [1.54, 1.807) is 0 Å². The Morgan fingerprint density at radius 1 is 1.03 bits per heavy atom. The molecule has 2 aromatic carbocycles. The number of halogens is 1. The molecule has 1 heterocycles. The first-order valence-electron chi connectivity index (χ1n) is 9.77. The van der Waals surface area contributed by atoms with E-state index in [2.05, 4.69) is 25.8 Å². The van der Waals surface area contributed by atoms with Crippen LogP contribution in [0.15, 0.2) is 40.9 Å². The molecule has 0 aliphatic heterocycles. The predicted octanol–water partition coefficient (Wildman–Crippen LogP) is 4.86. The fraction of sp³-hybridized carbons (Fsp3) is 0.300. The highest BCUT2D eigenvalue weighted by atomic mass is 79.9. The highest BCUT2D eigenvalue weighted by Crippen LogP contribution is 2.32. The van der Waals surface area contributed by atoms with Crippen molar-refractivity contribution in [2.75, 3.05) is 31.1 Å². The summed E-state index contributed by atoms with van der Waals surface area (Å²) in [7, 11) is 0. The maximum Gasteiger partial charge on any atom is 0.277 e. The maximum atomic E-state index is 13.4. The molecule has 168 valence electrons. The van der Waals surface area contributed by atoms with E-state index < -0.39 is 27.1 Å². The number of nitrogens with zero attached hydrogens (tertiary/aromatic N) is 5. The average Bonchev–Trinajstić information content (AvgIpc) is 3.18. The molecule has 3 rings (SSSR count). The molecular weight excluding hydrogens is 502 g/mol. The molecule has 1 aromatic heterocycles. The number of aromatic nitrogens is 1. The zero-order valence-corrected chi connectivity index (χ0v) is 19.8.